The monoisotopic (exact) mass is 204 g/mol. The maximum atomic E-state index is 11.7. The number of benzene rings is 1. The van der Waals surface area contributed by atoms with Gasteiger partial charge in [0.1, 0.15) is 11.5 Å². The number of Topliss-reactive ketones (excluding diaryl/α,β-unsaturated/α-hetero) is 1. The molecule has 1 aromatic carbocycles. The summed E-state index contributed by atoms with van der Waals surface area (Å²) in [5, 5.41) is 9.75. The molecule has 1 aliphatic rings. The average molecular weight is 204 g/mol. The minimum absolute atomic E-state index is 0.0707. The zero-order valence-electron chi connectivity index (χ0n) is 8.99. The first-order valence-electron chi connectivity index (χ1n) is 5.50. The predicted octanol–water partition coefficient (Wildman–Crippen LogP) is 2.93. The summed E-state index contributed by atoms with van der Waals surface area (Å²) < 4.78 is 0. The Bertz CT molecular complexity index is 382. The number of hydrogen-bond donors (Lipinski definition) is 1. The fourth-order valence-corrected chi connectivity index (χ4v) is 2.26. The van der Waals surface area contributed by atoms with E-state index in [0.717, 1.165) is 30.4 Å². The molecule has 1 atom stereocenters. The summed E-state index contributed by atoms with van der Waals surface area (Å²) in [6.07, 6.45) is 3.64. The molecule has 0 spiro atoms. The summed E-state index contributed by atoms with van der Waals surface area (Å²) in [5.41, 5.74) is 1.92. The van der Waals surface area contributed by atoms with Crippen LogP contribution in [0.2, 0.25) is 0 Å². The van der Waals surface area contributed by atoms with Crippen LogP contribution in [0.3, 0.4) is 0 Å². The molecule has 0 bridgehead atoms. The Kier molecular flexibility index (Phi) is 2.76. The van der Waals surface area contributed by atoms with Crippen LogP contribution in [0.1, 0.15) is 42.7 Å². The second-order valence-corrected chi connectivity index (χ2v) is 4.33. The van der Waals surface area contributed by atoms with Crippen molar-refractivity contribution >= 4 is 5.78 Å². The summed E-state index contributed by atoms with van der Waals surface area (Å²) >= 11 is 0. The molecule has 1 fully saturated rings. The van der Waals surface area contributed by atoms with Crippen molar-refractivity contribution < 1.29 is 9.90 Å². The van der Waals surface area contributed by atoms with E-state index in [1.54, 1.807) is 6.07 Å². The molecule has 0 radical (unpaired) electrons. The van der Waals surface area contributed by atoms with Gasteiger partial charge in [0.15, 0.2) is 0 Å². The third-order valence-electron chi connectivity index (χ3n) is 3.11. The second kappa shape index (κ2) is 4.05. The topological polar surface area (TPSA) is 37.3 Å². The van der Waals surface area contributed by atoms with Gasteiger partial charge >= 0.3 is 0 Å². The van der Waals surface area contributed by atoms with Crippen molar-refractivity contribution in [1.29, 1.82) is 0 Å². The quantitative estimate of drug-likeness (QED) is 0.763. The van der Waals surface area contributed by atoms with Gasteiger partial charge in [0, 0.05) is 17.9 Å². The Morgan fingerprint density at radius 3 is 2.87 bits per heavy atom. The van der Waals surface area contributed by atoms with Crippen LogP contribution in [0.5, 0.6) is 5.75 Å². The molecule has 0 amide bonds. The van der Waals surface area contributed by atoms with E-state index >= 15 is 0 Å². The first-order chi connectivity index (χ1) is 7.18. The van der Waals surface area contributed by atoms with Gasteiger partial charge in [-0.3, -0.25) is 4.79 Å². The van der Waals surface area contributed by atoms with Gasteiger partial charge in [-0.1, -0.05) is 24.1 Å². The maximum absolute atomic E-state index is 11.7. The normalized spacial score (nSPS) is 21.7. The lowest BCUT2D eigenvalue weighted by Gasteiger charge is -2.21. The SMILES string of the molecule is Cc1ccc(O)c(C2CCCCC2=O)c1. The molecule has 0 saturated heterocycles. The molecule has 15 heavy (non-hydrogen) atoms. The van der Waals surface area contributed by atoms with Crippen LogP contribution in [0, 0.1) is 6.92 Å². The van der Waals surface area contributed by atoms with Gasteiger partial charge in [0.25, 0.3) is 0 Å². The summed E-state index contributed by atoms with van der Waals surface area (Å²) in [6.45, 7) is 1.98. The number of aryl methyl sites for hydroxylation is 1. The summed E-state index contributed by atoms with van der Waals surface area (Å²) in [4.78, 5) is 11.7. The molecular formula is C13H16O2. The Balaban J connectivity index is 2.34. The van der Waals surface area contributed by atoms with Crippen molar-refractivity contribution in [2.45, 2.75) is 38.5 Å². The molecule has 1 unspecified atom stereocenters. The number of carbonyl (C=O) groups is 1. The fraction of sp³-hybridized carbons (Fsp3) is 0.462. The Morgan fingerprint density at radius 2 is 2.13 bits per heavy atom. The first kappa shape index (κ1) is 10.2. The van der Waals surface area contributed by atoms with E-state index < -0.39 is 0 Å². The lowest BCUT2D eigenvalue weighted by atomic mass is 9.82. The number of aromatic hydroxyl groups is 1. The van der Waals surface area contributed by atoms with Gasteiger partial charge in [-0.05, 0) is 25.8 Å². The van der Waals surface area contributed by atoms with Crippen molar-refractivity contribution in [3.05, 3.63) is 29.3 Å². The highest BCUT2D eigenvalue weighted by Crippen LogP contribution is 2.35. The number of phenols is 1. The molecule has 2 nitrogen and oxygen atoms in total. The third kappa shape index (κ3) is 2.04. The zero-order chi connectivity index (χ0) is 10.8. The fourth-order valence-electron chi connectivity index (χ4n) is 2.26. The molecule has 2 heteroatoms. The summed E-state index contributed by atoms with van der Waals surface area (Å²) in [5.74, 6) is 0.474. The van der Waals surface area contributed by atoms with Crippen molar-refractivity contribution in [1.82, 2.24) is 0 Å². The van der Waals surface area contributed by atoms with E-state index in [-0.39, 0.29) is 17.5 Å². The first-order valence-corrected chi connectivity index (χ1v) is 5.50. The standard InChI is InChI=1S/C13H16O2/c1-9-6-7-13(15)11(8-9)10-4-2-3-5-12(10)14/h6-8,10,15H,2-5H2,1H3. The number of rotatable bonds is 1. The van der Waals surface area contributed by atoms with E-state index in [4.69, 9.17) is 0 Å². The highest BCUT2D eigenvalue weighted by Gasteiger charge is 2.25. The Hall–Kier alpha value is -1.31. The molecule has 0 aromatic heterocycles. The molecule has 80 valence electrons. The lowest BCUT2D eigenvalue weighted by molar-refractivity contribution is -0.121. The van der Waals surface area contributed by atoms with Gasteiger partial charge in [-0.2, -0.15) is 0 Å². The Morgan fingerprint density at radius 1 is 1.33 bits per heavy atom. The van der Waals surface area contributed by atoms with Crippen LogP contribution >= 0.6 is 0 Å². The van der Waals surface area contributed by atoms with Crippen LogP contribution in [-0.4, -0.2) is 10.9 Å². The van der Waals surface area contributed by atoms with Crippen molar-refractivity contribution in [2.75, 3.05) is 0 Å². The van der Waals surface area contributed by atoms with Crippen LogP contribution in [0.4, 0.5) is 0 Å². The molecule has 1 aliphatic carbocycles. The smallest absolute Gasteiger partial charge is 0.140 e. The van der Waals surface area contributed by atoms with E-state index in [9.17, 15) is 9.90 Å². The van der Waals surface area contributed by atoms with E-state index in [1.165, 1.54) is 0 Å². The minimum Gasteiger partial charge on any atom is -0.508 e. The molecule has 1 N–H and O–H groups in total. The molecular weight excluding hydrogens is 188 g/mol. The molecule has 1 saturated carbocycles. The van der Waals surface area contributed by atoms with Gasteiger partial charge in [-0.25, -0.2) is 0 Å². The Labute approximate surface area is 89.9 Å². The summed E-state index contributed by atoms with van der Waals surface area (Å²) in [6, 6.07) is 5.49. The van der Waals surface area contributed by atoms with E-state index in [1.807, 2.05) is 19.1 Å². The number of hydrogen-bond acceptors (Lipinski definition) is 2. The van der Waals surface area contributed by atoms with Crippen molar-refractivity contribution in [3.63, 3.8) is 0 Å². The highest BCUT2D eigenvalue weighted by molar-refractivity contribution is 5.87. The number of carbonyl (C=O) groups excluding carboxylic acids is 1. The number of ketones is 1. The maximum Gasteiger partial charge on any atom is 0.140 e. The van der Waals surface area contributed by atoms with Crippen LogP contribution < -0.4 is 0 Å². The van der Waals surface area contributed by atoms with Crippen molar-refractivity contribution in [3.8, 4) is 5.75 Å². The van der Waals surface area contributed by atoms with Gasteiger partial charge in [0.05, 0.1) is 0 Å². The second-order valence-electron chi connectivity index (χ2n) is 4.33. The van der Waals surface area contributed by atoms with Crippen LogP contribution in [-0.2, 0) is 4.79 Å². The van der Waals surface area contributed by atoms with Crippen LogP contribution in [0.25, 0.3) is 0 Å². The van der Waals surface area contributed by atoms with Crippen LogP contribution in [0.15, 0.2) is 18.2 Å². The molecule has 0 heterocycles. The van der Waals surface area contributed by atoms with E-state index in [2.05, 4.69) is 0 Å². The molecule has 1 aromatic rings. The number of phenolic OH excluding ortho intramolecular Hbond substituents is 1. The van der Waals surface area contributed by atoms with Gasteiger partial charge in [0.2, 0.25) is 0 Å². The summed E-state index contributed by atoms with van der Waals surface area (Å²) in [7, 11) is 0. The lowest BCUT2D eigenvalue weighted by Crippen LogP contribution is -2.17. The van der Waals surface area contributed by atoms with Gasteiger partial charge < -0.3 is 5.11 Å². The average Bonchev–Trinajstić information content (AvgIpc) is 2.23. The van der Waals surface area contributed by atoms with E-state index in [0.29, 0.717) is 6.42 Å². The molecule has 0 aliphatic heterocycles. The zero-order valence-corrected chi connectivity index (χ0v) is 8.99. The van der Waals surface area contributed by atoms with Gasteiger partial charge in [-0.15, -0.1) is 0 Å². The minimum atomic E-state index is -0.0707. The molecule has 2 rings (SSSR count). The van der Waals surface area contributed by atoms with Crippen molar-refractivity contribution in [2.24, 2.45) is 0 Å². The largest absolute Gasteiger partial charge is 0.508 e. The third-order valence-corrected chi connectivity index (χ3v) is 3.11. The predicted molar refractivity (Wildman–Crippen MR) is 59.1 cm³/mol. The highest BCUT2D eigenvalue weighted by atomic mass is 16.3.